The van der Waals surface area contributed by atoms with Crippen molar-refractivity contribution in [2.45, 2.75) is 0 Å². The molecule has 8 aromatic rings. The number of anilines is 2. The summed E-state index contributed by atoms with van der Waals surface area (Å²) in [7, 11) is 3.44. The number of rotatable bonds is 6. The van der Waals surface area contributed by atoms with Crippen molar-refractivity contribution >= 4 is 74.4 Å². The number of hydrogen-bond donors (Lipinski definition) is 1. The lowest BCUT2D eigenvalue weighted by Gasteiger charge is -2.16. The zero-order chi connectivity index (χ0) is 28.9. The van der Waals surface area contributed by atoms with Gasteiger partial charge in [0.25, 0.3) is 0 Å². The van der Waals surface area contributed by atoms with Crippen molar-refractivity contribution in [3.8, 4) is 33.8 Å². The average Bonchev–Trinajstić information content (AvgIpc) is 3.64. The fourth-order valence-corrected chi connectivity index (χ4v) is 8.49. The normalized spacial score (nSPS) is 11.5. The van der Waals surface area contributed by atoms with Crippen molar-refractivity contribution < 1.29 is 9.47 Å². The van der Waals surface area contributed by atoms with Crippen molar-refractivity contribution in [2.24, 2.45) is 0 Å². The van der Waals surface area contributed by atoms with Gasteiger partial charge in [-0.1, -0.05) is 84.9 Å². The fraction of sp³-hybridized carbons (Fsp3) is 0.0526. The Balaban J connectivity index is 1.15. The Hall–Kier alpha value is -4.84. The van der Waals surface area contributed by atoms with Crippen LogP contribution in [-0.2, 0) is 0 Å². The Morgan fingerprint density at radius 2 is 0.907 bits per heavy atom. The highest BCUT2D eigenvalue weighted by Crippen LogP contribution is 2.44. The third kappa shape index (κ3) is 4.32. The zero-order valence-corrected chi connectivity index (χ0v) is 25.3. The highest BCUT2D eigenvalue weighted by Gasteiger charge is 2.15. The van der Waals surface area contributed by atoms with Gasteiger partial charge in [0, 0.05) is 40.3 Å². The van der Waals surface area contributed by atoms with Gasteiger partial charge < -0.3 is 14.8 Å². The largest absolute Gasteiger partial charge is 0.495 e. The molecule has 0 aliphatic heterocycles. The van der Waals surface area contributed by atoms with Crippen molar-refractivity contribution in [1.29, 1.82) is 0 Å². The van der Waals surface area contributed by atoms with Crippen LogP contribution in [0.2, 0.25) is 0 Å². The highest BCUT2D eigenvalue weighted by atomic mass is 32.1. The van der Waals surface area contributed by atoms with E-state index >= 15 is 0 Å². The molecule has 0 amide bonds. The molecule has 2 aromatic heterocycles. The number of ether oxygens (including phenoxy) is 2. The van der Waals surface area contributed by atoms with Crippen LogP contribution in [0, 0.1) is 0 Å². The third-order valence-electron chi connectivity index (χ3n) is 8.10. The summed E-state index contributed by atoms with van der Waals surface area (Å²) in [5.41, 5.74) is 6.43. The molecule has 0 spiro atoms. The number of nitrogens with one attached hydrogen (secondary N) is 1. The van der Waals surface area contributed by atoms with Gasteiger partial charge in [-0.2, -0.15) is 0 Å². The van der Waals surface area contributed by atoms with Crippen LogP contribution in [0.4, 0.5) is 11.4 Å². The molecule has 0 bridgehead atoms. The fourth-order valence-electron chi connectivity index (χ4n) is 6.02. The summed E-state index contributed by atoms with van der Waals surface area (Å²) in [6.07, 6.45) is 0. The maximum Gasteiger partial charge on any atom is 0.142 e. The van der Waals surface area contributed by atoms with E-state index in [0.29, 0.717) is 0 Å². The van der Waals surface area contributed by atoms with Crippen LogP contribution in [0.3, 0.4) is 0 Å². The van der Waals surface area contributed by atoms with Crippen LogP contribution in [0.1, 0.15) is 0 Å². The quantitative estimate of drug-likeness (QED) is 0.208. The molecule has 0 unspecified atom stereocenters. The molecule has 0 aliphatic rings. The Morgan fingerprint density at radius 3 is 1.37 bits per heavy atom. The molecule has 0 saturated heterocycles. The van der Waals surface area contributed by atoms with E-state index in [1.165, 1.54) is 51.5 Å². The lowest BCUT2D eigenvalue weighted by Crippen LogP contribution is -1.98. The molecule has 0 fully saturated rings. The standard InChI is InChI=1S/C38H27NO2S2/c1-40-33-21-23(25-11-7-13-29-27-9-3-5-15-35(27)42-37(25)29)17-19-31(33)39-32-20-18-24(22-34(32)41-2)26-12-8-14-30-28-10-4-6-16-36(28)43-38(26)30/h3-22,39H,1-2H3. The van der Waals surface area contributed by atoms with Gasteiger partial charge in [-0.15, -0.1) is 22.7 Å². The predicted molar refractivity (Wildman–Crippen MR) is 186 cm³/mol. The molecule has 43 heavy (non-hydrogen) atoms. The second kappa shape index (κ2) is 10.5. The smallest absolute Gasteiger partial charge is 0.142 e. The van der Waals surface area contributed by atoms with Crippen LogP contribution >= 0.6 is 22.7 Å². The number of thiophene rings is 2. The lowest BCUT2D eigenvalue weighted by molar-refractivity contribution is 0.414. The summed E-state index contributed by atoms with van der Waals surface area (Å²) >= 11 is 3.67. The van der Waals surface area contributed by atoms with Crippen LogP contribution in [0.15, 0.2) is 121 Å². The molecule has 0 aliphatic carbocycles. The monoisotopic (exact) mass is 593 g/mol. The second-order valence-electron chi connectivity index (χ2n) is 10.5. The van der Waals surface area contributed by atoms with E-state index in [1.807, 2.05) is 22.7 Å². The molecule has 0 atom stereocenters. The van der Waals surface area contributed by atoms with E-state index in [4.69, 9.17) is 9.47 Å². The molecule has 6 aromatic carbocycles. The Labute approximate surface area is 257 Å². The molecule has 2 heterocycles. The summed E-state index contributed by atoms with van der Waals surface area (Å²) in [6, 6.07) is 43.0. The summed E-state index contributed by atoms with van der Waals surface area (Å²) in [5.74, 6) is 1.55. The number of fused-ring (bicyclic) bond motifs is 6. The van der Waals surface area contributed by atoms with Crippen molar-refractivity contribution in [2.75, 3.05) is 19.5 Å². The molecule has 208 valence electrons. The van der Waals surface area contributed by atoms with E-state index in [9.17, 15) is 0 Å². The molecule has 1 N–H and O–H groups in total. The predicted octanol–water partition coefficient (Wildman–Crippen LogP) is 11.5. The van der Waals surface area contributed by atoms with Gasteiger partial charge >= 0.3 is 0 Å². The van der Waals surface area contributed by atoms with Crippen LogP contribution in [-0.4, -0.2) is 14.2 Å². The van der Waals surface area contributed by atoms with Gasteiger partial charge in [0.2, 0.25) is 0 Å². The van der Waals surface area contributed by atoms with Gasteiger partial charge in [-0.3, -0.25) is 0 Å². The van der Waals surface area contributed by atoms with E-state index in [0.717, 1.165) is 34.0 Å². The third-order valence-corrected chi connectivity index (χ3v) is 10.5. The number of methoxy groups -OCH3 is 2. The van der Waals surface area contributed by atoms with E-state index < -0.39 is 0 Å². The molecule has 8 rings (SSSR count). The summed E-state index contributed by atoms with van der Waals surface area (Å²) in [5, 5.41) is 8.75. The van der Waals surface area contributed by atoms with E-state index in [2.05, 4.69) is 127 Å². The zero-order valence-electron chi connectivity index (χ0n) is 23.7. The van der Waals surface area contributed by atoms with E-state index in [-0.39, 0.29) is 0 Å². The summed E-state index contributed by atoms with van der Waals surface area (Å²) in [4.78, 5) is 0. The summed E-state index contributed by atoms with van der Waals surface area (Å²) < 4.78 is 17.0. The lowest BCUT2D eigenvalue weighted by atomic mass is 10.0. The van der Waals surface area contributed by atoms with Gasteiger partial charge in [-0.25, -0.2) is 0 Å². The minimum absolute atomic E-state index is 0.775. The van der Waals surface area contributed by atoms with E-state index in [1.54, 1.807) is 14.2 Å². The maximum atomic E-state index is 5.90. The summed E-state index contributed by atoms with van der Waals surface area (Å²) in [6.45, 7) is 0. The van der Waals surface area contributed by atoms with Gasteiger partial charge in [0.05, 0.1) is 25.6 Å². The SMILES string of the molecule is COc1cc(-c2cccc3c2sc2ccccc23)ccc1Nc1ccc(-c2cccc3c2sc2ccccc23)cc1OC. The molecule has 0 radical (unpaired) electrons. The molecule has 3 nitrogen and oxygen atoms in total. The maximum absolute atomic E-state index is 5.90. The minimum Gasteiger partial charge on any atom is -0.495 e. The molecular formula is C38H27NO2S2. The second-order valence-corrected chi connectivity index (χ2v) is 12.6. The molecule has 0 saturated carbocycles. The Morgan fingerprint density at radius 1 is 0.465 bits per heavy atom. The van der Waals surface area contributed by atoms with Crippen LogP contribution in [0.5, 0.6) is 11.5 Å². The van der Waals surface area contributed by atoms with Gasteiger partial charge in [0.1, 0.15) is 11.5 Å². The van der Waals surface area contributed by atoms with Crippen LogP contribution in [0.25, 0.3) is 62.6 Å². The Bertz CT molecular complexity index is 2150. The highest BCUT2D eigenvalue weighted by molar-refractivity contribution is 7.26. The topological polar surface area (TPSA) is 30.5 Å². The van der Waals surface area contributed by atoms with Gasteiger partial charge in [-0.05, 0) is 58.7 Å². The van der Waals surface area contributed by atoms with Gasteiger partial charge in [0.15, 0.2) is 0 Å². The first-order valence-electron chi connectivity index (χ1n) is 14.2. The first-order chi connectivity index (χ1) is 21.2. The first-order valence-corrected chi connectivity index (χ1v) is 15.8. The Kier molecular flexibility index (Phi) is 6.28. The number of hydrogen-bond acceptors (Lipinski definition) is 5. The first kappa shape index (κ1) is 25.8. The molecular weight excluding hydrogens is 567 g/mol. The molecule has 5 heteroatoms. The van der Waals surface area contributed by atoms with Crippen molar-refractivity contribution in [3.05, 3.63) is 121 Å². The van der Waals surface area contributed by atoms with Crippen molar-refractivity contribution in [1.82, 2.24) is 0 Å². The minimum atomic E-state index is 0.775. The van der Waals surface area contributed by atoms with Crippen molar-refractivity contribution in [3.63, 3.8) is 0 Å². The number of benzene rings is 6. The van der Waals surface area contributed by atoms with Crippen LogP contribution < -0.4 is 14.8 Å². The average molecular weight is 594 g/mol.